The van der Waals surface area contributed by atoms with Gasteiger partial charge in [-0.15, -0.1) is 0 Å². The SMILES string of the molecule is COc1cc(CO)cc(Cl)c1OCC(=O)NCCC(C)C. The number of rotatable bonds is 8. The van der Waals surface area contributed by atoms with Crippen LogP contribution in [0.1, 0.15) is 25.8 Å². The van der Waals surface area contributed by atoms with Gasteiger partial charge in [-0.2, -0.15) is 0 Å². The Bertz CT molecular complexity index is 477. The fourth-order valence-corrected chi connectivity index (χ4v) is 1.98. The van der Waals surface area contributed by atoms with Gasteiger partial charge >= 0.3 is 0 Å². The van der Waals surface area contributed by atoms with Crippen molar-refractivity contribution in [1.29, 1.82) is 0 Å². The molecule has 0 saturated heterocycles. The molecular formula is C15H22ClNO4. The van der Waals surface area contributed by atoms with E-state index in [0.717, 1.165) is 6.42 Å². The summed E-state index contributed by atoms with van der Waals surface area (Å²) in [6.07, 6.45) is 0.918. The van der Waals surface area contributed by atoms with E-state index < -0.39 is 0 Å². The smallest absolute Gasteiger partial charge is 0.257 e. The lowest BCUT2D eigenvalue weighted by Gasteiger charge is -2.14. The molecule has 0 heterocycles. The van der Waals surface area contributed by atoms with E-state index in [1.165, 1.54) is 7.11 Å². The summed E-state index contributed by atoms with van der Waals surface area (Å²) in [7, 11) is 1.47. The van der Waals surface area contributed by atoms with E-state index in [0.29, 0.717) is 34.5 Å². The lowest BCUT2D eigenvalue weighted by molar-refractivity contribution is -0.123. The van der Waals surface area contributed by atoms with E-state index >= 15 is 0 Å². The lowest BCUT2D eigenvalue weighted by Crippen LogP contribution is -2.30. The van der Waals surface area contributed by atoms with Crippen LogP contribution in [0.4, 0.5) is 0 Å². The molecule has 1 aromatic rings. The van der Waals surface area contributed by atoms with E-state index in [1.54, 1.807) is 12.1 Å². The van der Waals surface area contributed by atoms with Crippen LogP contribution in [0.5, 0.6) is 11.5 Å². The highest BCUT2D eigenvalue weighted by Gasteiger charge is 2.13. The van der Waals surface area contributed by atoms with E-state index in [9.17, 15) is 4.79 Å². The molecule has 0 saturated carbocycles. The van der Waals surface area contributed by atoms with Crippen LogP contribution in [0.3, 0.4) is 0 Å². The lowest BCUT2D eigenvalue weighted by atomic mass is 10.1. The maximum Gasteiger partial charge on any atom is 0.257 e. The normalized spacial score (nSPS) is 10.6. The number of aliphatic hydroxyl groups is 1. The van der Waals surface area contributed by atoms with Gasteiger partial charge in [0.05, 0.1) is 18.7 Å². The van der Waals surface area contributed by atoms with Gasteiger partial charge < -0.3 is 19.9 Å². The molecule has 0 aliphatic carbocycles. The number of ether oxygens (including phenoxy) is 2. The van der Waals surface area contributed by atoms with Gasteiger partial charge in [0.1, 0.15) is 0 Å². The van der Waals surface area contributed by atoms with Crippen molar-refractivity contribution >= 4 is 17.5 Å². The first-order chi connectivity index (χ1) is 9.97. The molecule has 0 aromatic heterocycles. The van der Waals surface area contributed by atoms with Crippen LogP contribution in [-0.4, -0.2) is 31.3 Å². The minimum atomic E-state index is -0.208. The molecule has 0 spiro atoms. The highest BCUT2D eigenvalue weighted by molar-refractivity contribution is 6.32. The topological polar surface area (TPSA) is 67.8 Å². The molecule has 0 unspecified atom stereocenters. The molecule has 0 bridgehead atoms. The largest absolute Gasteiger partial charge is 0.493 e. The molecule has 1 rings (SSSR count). The Morgan fingerprint density at radius 2 is 2.14 bits per heavy atom. The quantitative estimate of drug-likeness (QED) is 0.773. The van der Waals surface area contributed by atoms with E-state index in [4.69, 9.17) is 26.2 Å². The van der Waals surface area contributed by atoms with Gasteiger partial charge in [-0.3, -0.25) is 4.79 Å². The average molecular weight is 316 g/mol. The van der Waals surface area contributed by atoms with Crippen molar-refractivity contribution in [2.24, 2.45) is 5.92 Å². The Labute approximate surface area is 130 Å². The fourth-order valence-electron chi connectivity index (χ4n) is 1.69. The zero-order valence-electron chi connectivity index (χ0n) is 12.6. The number of amides is 1. The minimum Gasteiger partial charge on any atom is -0.493 e. The molecule has 6 heteroatoms. The second kappa shape index (κ2) is 8.74. The summed E-state index contributed by atoms with van der Waals surface area (Å²) >= 11 is 6.07. The molecule has 5 nitrogen and oxygen atoms in total. The number of hydrogen-bond acceptors (Lipinski definition) is 4. The first-order valence-electron chi connectivity index (χ1n) is 6.84. The summed E-state index contributed by atoms with van der Waals surface area (Å²) in [5.74, 6) is 1.02. The number of methoxy groups -OCH3 is 1. The van der Waals surface area contributed by atoms with Crippen LogP contribution < -0.4 is 14.8 Å². The van der Waals surface area contributed by atoms with Crippen LogP contribution >= 0.6 is 11.6 Å². The summed E-state index contributed by atoms with van der Waals surface area (Å²) < 4.78 is 10.6. The number of aliphatic hydroxyl groups excluding tert-OH is 1. The zero-order chi connectivity index (χ0) is 15.8. The molecule has 2 N–H and O–H groups in total. The molecule has 1 amide bonds. The molecule has 0 fully saturated rings. The number of benzene rings is 1. The second-order valence-corrected chi connectivity index (χ2v) is 5.50. The van der Waals surface area contributed by atoms with Crippen molar-refractivity contribution in [2.45, 2.75) is 26.9 Å². The second-order valence-electron chi connectivity index (χ2n) is 5.09. The van der Waals surface area contributed by atoms with Crippen LogP contribution in [0.2, 0.25) is 5.02 Å². The van der Waals surface area contributed by atoms with Gasteiger partial charge in [0.2, 0.25) is 0 Å². The van der Waals surface area contributed by atoms with Gasteiger partial charge in [-0.25, -0.2) is 0 Å². The van der Waals surface area contributed by atoms with Crippen molar-refractivity contribution in [3.05, 3.63) is 22.7 Å². The van der Waals surface area contributed by atoms with Crippen molar-refractivity contribution in [2.75, 3.05) is 20.3 Å². The maximum atomic E-state index is 11.7. The minimum absolute atomic E-state index is 0.132. The summed E-state index contributed by atoms with van der Waals surface area (Å²) in [5, 5.41) is 12.2. The van der Waals surface area contributed by atoms with Gasteiger partial charge in [-0.05, 0) is 30.0 Å². The standard InChI is InChI=1S/C15H22ClNO4/c1-10(2)4-5-17-14(19)9-21-15-12(16)6-11(8-18)7-13(15)20-3/h6-7,10,18H,4-5,8-9H2,1-3H3,(H,17,19). The van der Waals surface area contributed by atoms with Crippen molar-refractivity contribution < 1.29 is 19.4 Å². The molecular weight excluding hydrogens is 294 g/mol. The first-order valence-corrected chi connectivity index (χ1v) is 7.22. The molecule has 118 valence electrons. The Kier molecular flexibility index (Phi) is 7.32. The van der Waals surface area contributed by atoms with Gasteiger partial charge in [-0.1, -0.05) is 25.4 Å². The Morgan fingerprint density at radius 1 is 1.43 bits per heavy atom. The van der Waals surface area contributed by atoms with Crippen molar-refractivity contribution in [1.82, 2.24) is 5.32 Å². The highest BCUT2D eigenvalue weighted by atomic mass is 35.5. The molecule has 0 aliphatic rings. The van der Waals surface area contributed by atoms with Gasteiger partial charge in [0, 0.05) is 6.54 Å². The molecule has 0 atom stereocenters. The molecule has 0 aliphatic heterocycles. The van der Waals surface area contributed by atoms with Crippen LogP contribution in [0.25, 0.3) is 0 Å². The van der Waals surface area contributed by atoms with E-state index in [2.05, 4.69) is 19.2 Å². The number of nitrogens with one attached hydrogen (secondary N) is 1. The van der Waals surface area contributed by atoms with Crippen LogP contribution in [0.15, 0.2) is 12.1 Å². The predicted molar refractivity (Wildman–Crippen MR) is 81.9 cm³/mol. The first kappa shape index (κ1) is 17.6. The summed E-state index contributed by atoms with van der Waals surface area (Å²) in [4.78, 5) is 11.7. The third kappa shape index (κ3) is 5.81. The molecule has 0 radical (unpaired) electrons. The van der Waals surface area contributed by atoms with Crippen molar-refractivity contribution in [3.63, 3.8) is 0 Å². The van der Waals surface area contributed by atoms with E-state index in [-0.39, 0.29) is 19.1 Å². The number of hydrogen-bond donors (Lipinski definition) is 2. The number of halogens is 1. The Balaban J connectivity index is 2.60. The van der Waals surface area contributed by atoms with Gasteiger partial charge in [0.25, 0.3) is 5.91 Å². The third-order valence-corrected chi connectivity index (χ3v) is 3.14. The average Bonchev–Trinajstić information content (AvgIpc) is 2.44. The third-order valence-electron chi connectivity index (χ3n) is 2.86. The van der Waals surface area contributed by atoms with E-state index in [1.807, 2.05) is 0 Å². The summed E-state index contributed by atoms with van der Waals surface area (Å²) in [5.41, 5.74) is 0.616. The Hall–Kier alpha value is -1.46. The Morgan fingerprint density at radius 3 is 2.71 bits per heavy atom. The number of carbonyl (C=O) groups excluding carboxylic acids is 1. The van der Waals surface area contributed by atoms with Crippen LogP contribution in [0, 0.1) is 5.92 Å². The van der Waals surface area contributed by atoms with Gasteiger partial charge in [0.15, 0.2) is 18.1 Å². The monoisotopic (exact) mass is 315 g/mol. The number of carbonyl (C=O) groups is 1. The molecule has 1 aromatic carbocycles. The van der Waals surface area contributed by atoms with Crippen molar-refractivity contribution in [3.8, 4) is 11.5 Å². The molecule has 21 heavy (non-hydrogen) atoms. The fraction of sp³-hybridized carbons (Fsp3) is 0.533. The highest BCUT2D eigenvalue weighted by Crippen LogP contribution is 2.36. The summed E-state index contributed by atoms with van der Waals surface area (Å²) in [6.45, 7) is 4.53. The predicted octanol–water partition coefficient (Wildman–Crippen LogP) is 2.38. The van der Waals surface area contributed by atoms with Crippen LogP contribution in [-0.2, 0) is 11.4 Å². The summed E-state index contributed by atoms with van der Waals surface area (Å²) in [6, 6.07) is 3.20. The maximum absolute atomic E-state index is 11.7. The zero-order valence-corrected chi connectivity index (χ0v) is 13.4.